The molecule has 1 N–H and O–H groups in total. The topological polar surface area (TPSA) is 24.9 Å². The zero-order valence-electron chi connectivity index (χ0n) is 9.90. The van der Waals surface area contributed by atoms with E-state index in [-0.39, 0.29) is 0 Å². The van der Waals surface area contributed by atoms with Gasteiger partial charge in [-0.05, 0) is 25.5 Å². The molecule has 0 aliphatic heterocycles. The quantitative estimate of drug-likeness (QED) is 0.921. The summed E-state index contributed by atoms with van der Waals surface area (Å²) in [7, 11) is 0. The first-order chi connectivity index (χ1) is 8.16. The maximum atomic E-state index is 4.49. The lowest BCUT2D eigenvalue weighted by Gasteiger charge is -2.12. The molecule has 0 amide bonds. The zero-order chi connectivity index (χ0) is 12.3. The van der Waals surface area contributed by atoms with Crippen LogP contribution in [-0.2, 0) is 6.54 Å². The van der Waals surface area contributed by atoms with Crippen molar-refractivity contribution < 1.29 is 0 Å². The molecule has 0 radical (unpaired) electrons. The van der Waals surface area contributed by atoms with Crippen molar-refractivity contribution in [3.05, 3.63) is 50.4 Å². The number of nitrogens with one attached hydrogen (secondary N) is 1. The molecule has 90 valence electrons. The Hall–Kier alpha value is -0.710. The fourth-order valence-electron chi connectivity index (χ4n) is 1.56. The number of rotatable bonds is 4. The van der Waals surface area contributed by atoms with Gasteiger partial charge in [0.15, 0.2) is 0 Å². The van der Waals surface area contributed by atoms with Crippen molar-refractivity contribution in [1.29, 1.82) is 0 Å². The molecule has 0 spiro atoms. The summed E-state index contributed by atoms with van der Waals surface area (Å²) < 4.78 is 1.15. The Kier molecular flexibility index (Phi) is 4.31. The number of aromatic nitrogens is 1. The highest BCUT2D eigenvalue weighted by atomic mass is 79.9. The maximum Gasteiger partial charge on any atom is 0.110 e. The highest BCUT2D eigenvalue weighted by Crippen LogP contribution is 2.20. The minimum Gasteiger partial charge on any atom is -0.304 e. The van der Waals surface area contributed by atoms with Crippen molar-refractivity contribution >= 4 is 27.3 Å². The first-order valence-electron chi connectivity index (χ1n) is 5.55. The van der Waals surface area contributed by atoms with Gasteiger partial charge in [0, 0.05) is 22.1 Å². The van der Waals surface area contributed by atoms with Gasteiger partial charge in [-0.2, -0.15) is 0 Å². The Morgan fingerprint density at radius 2 is 2.18 bits per heavy atom. The van der Waals surface area contributed by atoms with Crippen LogP contribution in [0.4, 0.5) is 0 Å². The molecule has 1 aromatic heterocycles. The minimum absolute atomic E-state index is 0.292. The number of thiazole rings is 1. The van der Waals surface area contributed by atoms with Gasteiger partial charge in [0.05, 0.1) is 6.04 Å². The average molecular weight is 311 g/mol. The van der Waals surface area contributed by atoms with Gasteiger partial charge in [-0.25, -0.2) is 4.98 Å². The summed E-state index contributed by atoms with van der Waals surface area (Å²) in [6, 6.07) is 8.56. The van der Waals surface area contributed by atoms with Gasteiger partial charge in [-0.3, -0.25) is 0 Å². The molecule has 1 atom stereocenters. The van der Waals surface area contributed by atoms with E-state index in [1.54, 1.807) is 11.3 Å². The second kappa shape index (κ2) is 5.76. The monoisotopic (exact) mass is 310 g/mol. The molecule has 2 nitrogen and oxygen atoms in total. The maximum absolute atomic E-state index is 4.49. The Morgan fingerprint density at radius 3 is 2.82 bits per heavy atom. The van der Waals surface area contributed by atoms with E-state index in [9.17, 15) is 0 Å². The summed E-state index contributed by atoms with van der Waals surface area (Å²) >= 11 is 5.27. The van der Waals surface area contributed by atoms with Crippen molar-refractivity contribution in [1.82, 2.24) is 10.3 Å². The molecule has 1 unspecified atom stereocenters. The lowest BCUT2D eigenvalue weighted by atomic mass is 10.2. The summed E-state index contributed by atoms with van der Waals surface area (Å²) in [5.74, 6) is 0. The number of halogens is 1. The van der Waals surface area contributed by atoms with Crippen LogP contribution in [-0.4, -0.2) is 4.98 Å². The van der Waals surface area contributed by atoms with E-state index >= 15 is 0 Å². The van der Waals surface area contributed by atoms with Crippen molar-refractivity contribution in [3.8, 4) is 0 Å². The van der Waals surface area contributed by atoms with Crippen molar-refractivity contribution in [3.63, 3.8) is 0 Å². The van der Waals surface area contributed by atoms with Crippen LogP contribution in [0.15, 0.2) is 34.1 Å². The van der Waals surface area contributed by atoms with Gasteiger partial charge in [0.25, 0.3) is 0 Å². The van der Waals surface area contributed by atoms with Crippen molar-refractivity contribution in [2.75, 3.05) is 0 Å². The molecular weight excluding hydrogens is 296 g/mol. The lowest BCUT2D eigenvalue weighted by Crippen LogP contribution is -2.18. The summed E-state index contributed by atoms with van der Waals surface area (Å²) in [4.78, 5) is 4.49. The van der Waals surface area contributed by atoms with E-state index < -0.39 is 0 Å². The predicted molar refractivity (Wildman–Crippen MR) is 76.2 cm³/mol. The van der Waals surface area contributed by atoms with Crippen LogP contribution in [0, 0.1) is 6.92 Å². The molecule has 1 heterocycles. The van der Waals surface area contributed by atoms with Crippen molar-refractivity contribution in [2.45, 2.75) is 26.4 Å². The fourth-order valence-corrected chi connectivity index (χ4v) is 2.82. The molecule has 4 heteroatoms. The molecule has 0 saturated heterocycles. The standard InChI is InChI=1S/C13H15BrN2S/c1-9-8-17-13(16-9)10(2)15-7-11-5-3-4-6-12(11)14/h3-6,8,10,15H,7H2,1-2H3. The molecule has 17 heavy (non-hydrogen) atoms. The smallest absolute Gasteiger partial charge is 0.110 e. The summed E-state index contributed by atoms with van der Waals surface area (Å²) in [5, 5.41) is 6.72. The average Bonchev–Trinajstić information content (AvgIpc) is 2.74. The molecule has 0 saturated carbocycles. The Balaban J connectivity index is 1.97. The van der Waals surface area contributed by atoms with Crippen LogP contribution in [0.2, 0.25) is 0 Å². The number of nitrogens with zero attached hydrogens (tertiary/aromatic N) is 1. The van der Waals surface area contributed by atoms with E-state index in [0.29, 0.717) is 6.04 Å². The highest BCUT2D eigenvalue weighted by molar-refractivity contribution is 9.10. The molecule has 2 aromatic rings. The van der Waals surface area contributed by atoms with Crippen LogP contribution in [0.1, 0.15) is 29.2 Å². The zero-order valence-corrected chi connectivity index (χ0v) is 12.3. The molecule has 2 rings (SSSR count). The molecular formula is C13H15BrN2S. The first-order valence-corrected chi connectivity index (χ1v) is 7.23. The van der Waals surface area contributed by atoms with Gasteiger partial charge in [0.1, 0.15) is 5.01 Å². The third-order valence-corrected chi connectivity index (χ3v) is 4.48. The normalized spacial score (nSPS) is 12.6. The summed E-state index contributed by atoms with van der Waals surface area (Å²) in [5.41, 5.74) is 2.37. The molecule has 1 aromatic carbocycles. The van der Waals surface area contributed by atoms with Gasteiger partial charge in [0.2, 0.25) is 0 Å². The van der Waals surface area contributed by atoms with E-state index in [0.717, 1.165) is 21.7 Å². The van der Waals surface area contributed by atoms with Crippen LogP contribution in [0.3, 0.4) is 0 Å². The SMILES string of the molecule is Cc1csc(C(C)NCc2ccccc2Br)n1. The summed E-state index contributed by atoms with van der Waals surface area (Å²) in [6.45, 7) is 5.02. The number of hydrogen-bond donors (Lipinski definition) is 1. The molecule has 0 fully saturated rings. The molecule has 0 aliphatic carbocycles. The largest absolute Gasteiger partial charge is 0.304 e. The lowest BCUT2D eigenvalue weighted by molar-refractivity contribution is 0.570. The van der Waals surface area contributed by atoms with E-state index in [1.165, 1.54) is 5.56 Å². The van der Waals surface area contributed by atoms with Gasteiger partial charge < -0.3 is 5.32 Å². The minimum atomic E-state index is 0.292. The highest BCUT2D eigenvalue weighted by Gasteiger charge is 2.09. The molecule has 0 aliphatic rings. The van der Waals surface area contributed by atoms with Crippen LogP contribution in [0.25, 0.3) is 0 Å². The van der Waals surface area contributed by atoms with E-state index in [1.807, 2.05) is 13.0 Å². The summed E-state index contributed by atoms with van der Waals surface area (Å²) in [6.07, 6.45) is 0. The van der Waals surface area contributed by atoms with E-state index in [2.05, 4.69) is 56.7 Å². The Bertz CT molecular complexity index is 496. The van der Waals surface area contributed by atoms with Gasteiger partial charge >= 0.3 is 0 Å². The molecule has 0 bridgehead atoms. The van der Waals surface area contributed by atoms with Crippen molar-refractivity contribution in [2.24, 2.45) is 0 Å². The second-order valence-electron chi connectivity index (χ2n) is 4.02. The fraction of sp³-hybridized carbons (Fsp3) is 0.308. The number of benzene rings is 1. The third kappa shape index (κ3) is 3.37. The van der Waals surface area contributed by atoms with Crippen LogP contribution < -0.4 is 5.32 Å². The van der Waals surface area contributed by atoms with Crippen LogP contribution in [0.5, 0.6) is 0 Å². The Morgan fingerprint density at radius 1 is 1.41 bits per heavy atom. The van der Waals surface area contributed by atoms with Crippen LogP contribution >= 0.6 is 27.3 Å². The number of aryl methyl sites for hydroxylation is 1. The van der Waals surface area contributed by atoms with Gasteiger partial charge in [-0.1, -0.05) is 34.1 Å². The Labute approximate surface area is 114 Å². The van der Waals surface area contributed by atoms with Gasteiger partial charge in [-0.15, -0.1) is 11.3 Å². The first kappa shape index (κ1) is 12.7. The predicted octanol–water partition coefficient (Wildman–Crippen LogP) is 4.06. The second-order valence-corrected chi connectivity index (χ2v) is 5.77. The third-order valence-electron chi connectivity index (χ3n) is 2.56. The number of hydrogen-bond acceptors (Lipinski definition) is 3. The van der Waals surface area contributed by atoms with E-state index in [4.69, 9.17) is 0 Å².